The van der Waals surface area contributed by atoms with Gasteiger partial charge in [-0.3, -0.25) is 14.2 Å². The van der Waals surface area contributed by atoms with Crippen molar-refractivity contribution >= 4 is 11.9 Å². The molecule has 0 saturated heterocycles. The zero-order chi connectivity index (χ0) is 20.6. The van der Waals surface area contributed by atoms with E-state index >= 15 is 0 Å². The number of primary amides is 1. The molecule has 2 aromatic rings. The Morgan fingerprint density at radius 2 is 1.89 bits per heavy atom. The number of carbonyl (C=O) groups is 1. The van der Waals surface area contributed by atoms with E-state index in [9.17, 15) is 22.8 Å². The van der Waals surface area contributed by atoms with Crippen molar-refractivity contribution in [2.45, 2.75) is 25.2 Å². The van der Waals surface area contributed by atoms with Crippen LogP contribution >= 0.6 is 0 Å². The summed E-state index contributed by atoms with van der Waals surface area (Å²) >= 11 is 0. The highest BCUT2D eigenvalue weighted by atomic mass is 19.4. The second-order valence-corrected chi connectivity index (χ2v) is 6.81. The van der Waals surface area contributed by atoms with Crippen LogP contribution in [0.25, 0.3) is 0 Å². The Labute approximate surface area is 158 Å². The van der Waals surface area contributed by atoms with E-state index in [1.54, 1.807) is 19.0 Å². The van der Waals surface area contributed by atoms with Crippen molar-refractivity contribution < 1.29 is 22.7 Å². The average Bonchev–Trinajstić information content (AvgIpc) is 3.41. The standard InChI is InChI=1S/C18H19F3N4O3/c1-24(2)17-23-13(16(22)27)9-14(26)25(17)15(10-3-4-10)11-5-7-12(8-6-11)28-18(19,20)21/h5-10,15H,3-4H2,1-2H3,(H2,22,27)/t15-/m1/s1. The van der Waals surface area contributed by atoms with E-state index in [0.29, 0.717) is 5.56 Å². The molecule has 1 aromatic heterocycles. The molecule has 0 unspecified atom stereocenters. The normalized spacial score (nSPS) is 15.2. The molecule has 1 fully saturated rings. The molecule has 1 amide bonds. The number of hydrogen-bond donors (Lipinski definition) is 1. The second kappa shape index (κ2) is 7.17. The largest absolute Gasteiger partial charge is 0.573 e. The zero-order valence-corrected chi connectivity index (χ0v) is 15.2. The molecule has 1 aliphatic carbocycles. The summed E-state index contributed by atoms with van der Waals surface area (Å²) in [6, 6.07) is 6.06. The van der Waals surface area contributed by atoms with E-state index in [1.165, 1.54) is 28.8 Å². The number of halogens is 3. The average molecular weight is 396 g/mol. The number of aromatic nitrogens is 2. The second-order valence-electron chi connectivity index (χ2n) is 6.81. The fraction of sp³-hybridized carbons (Fsp3) is 0.389. The third kappa shape index (κ3) is 4.26. The quantitative estimate of drug-likeness (QED) is 0.809. The van der Waals surface area contributed by atoms with Gasteiger partial charge in [-0.1, -0.05) is 12.1 Å². The van der Waals surface area contributed by atoms with Crippen LogP contribution in [-0.2, 0) is 0 Å². The number of benzene rings is 1. The van der Waals surface area contributed by atoms with Crippen LogP contribution in [0, 0.1) is 5.92 Å². The molecule has 1 saturated carbocycles. The molecule has 2 N–H and O–H groups in total. The number of amides is 1. The lowest BCUT2D eigenvalue weighted by Crippen LogP contribution is -2.34. The molecule has 28 heavy (non-hydrogen) atoms. The van der Waals surface area contributed by atoms with E-state index in [1.807, 2.05) is 0 Å². The van der Waals surface area contributed by atoms with Gasteiger partial charge in [0, 0.05) is 20.2 Å². The van der Waals surface area contributed by atoms with Crippen molar-refractivity contribution in [2.24, 2.45) is 11.7 Å². The maximum absolute atomic E-state index is 12.8. The van der Waals surface area contributed by atoms with E-state index in [2.05, 4.69) is 9.72 Å². The van der Waals surface area contributed by atoms with Gasteiger partial charge in [0.15, 0.2) is 0 Å². The minimum atomic E-state index is -4.78. The fourth-order valence-electron chi connectivity index (χ4n) is 3.09. The SMILES string of the molecule is CN(C)c1nc(C(N)=O)cc(=O)n1[C@@H](c1ccc(OC(F)(F)F)cc1)C1CC1. The van der Waals surface area contributed by atoms with Crippen molar-refractivity contribution in [2.75, 3.05) is 19.0 Å². The van der Waals surface area contributed by atoms with Gasteiger partial charge in [0.1, 0.15) is 11.4 Å². The molecular formula is C18H19F3N4O3. The first-order valence-corrected chi connectivity index (χ1v) is 8.53. The summed E-state index contributed by atoms with van der Waals surface area (Å²) in [5.74, 6) is -0.780. The molecule has 0 aliphatic heterocycles. The number of nitrogens with two attached hydrogens (primary N) is 1. The summed E-state index contributed by atoms with van der Waals surface area (Å²) in [6.07, 6.45) is -3.05. The first-order chi connectivity index (χ1) is 13.1. The molecule has 150 valence electrons. The number of anilines is 1. The number of nitrogens with zero attached hydrogens (tertiary/aromatic N) is 3. The summed E-state index contributed by atoms with van der Waals surface area (Å²) in [7, 11) is 3.35. The number of rotatable bonds is 6. The van der Waals surface area contributed by atoms with Crippen LogP contribution in [-0.4, -0.2) is 35.9 Å². The van der Waals surface area contributed by atoms with Gasteiger partial charge in [-0.15, -0.1) is 13.2 Å². The van der Waals surface area contributed by atoms with Crippen LogP contribution < -0.4 is 20.9 Å². The van der Waals surface area contributed by atoms with Gasteiger partial charge in [0.25, 0.3) is 11.5 Å². The third-order valence-corrected chi connectivity index (χ3v) is 4.39. The fourth-order valence-corrected chi connectivity index (χ4v) is 3.09. The van der Waals surface area contributed by atoms with Gasteiger partial charge in [-0.25, -0.2) is 4.98 Å². The topological polar surface area (TPSA) is 90.5 Å². The maximum atomic E-state index is 12.8. The molecule has 0 radical (unpaired) electrons. The minimum absolute atomic E-state index is 0.131. The Kier molecular flexibility index (Phi) is 5.05. The Morgan fingerprint density at radius 3 is 2.36 bits per heavy atom. The van der Waals surface area contributed by atoms with Crippen molar-refractivity contribution in [1.29, 1.82) is 0 Å². The molecule has 0 bridgehead atoms. The Balaban J connectivity index is 2.06. The molecular weight excluding hydrogens is 377 g/mol. The summed E-state index contributed by atoms with van der Waals surface area (Å²) < 4.78 is 42.5. The van der Waals surface area contributed by atoms with Crippen LogP contribution in [0.2, 0.25) is 0 Å². The number of hydrogen-bond acceptors (Lipinski definition) is 5. The maximum Gasteiger partial charge on any atom is 0.573 e. The summed E-state index contributed by atoms with van der Waals surface area (Å²) in [6.45, 7) is 0. The van der Waals surface area contributed by atoms with Crippen LogP contribution in [0.5, 0.6) is 5.75 Å². The molecule has 1 aliphatic rings. The molecule has 3 rings (SSSR count). The van der Waals surface area contributed by atoms with Gasteiger partial charge in [-0.05, 0) is 36.5 Å². The Hall–Kier alpha value is -3.04. The highest BCUT2D eigenvalue weighted by molar-refractivity contribution is 5.90. The van der Waals surface area contributed by atoms with E-state index in [0.717, 1.165) is 18.9 Å². The Bertz CT molecular complexity index is 935. The molecule has 1 aromatic carbocycles. The lowest BCUT2D eigenvalue weighted by molar-refractivity contribution is -0.274. The minimum Gasteiger partial charge on any atom is -0.406 e. The third-order valence-electron chi connectivity index (χ3n) is 4.39. The van der Waals surface area contributed by atoms with Crippen LogP contribution in [0.15, 0.2) is 35.1 Å². The molecule has 7 nitrogen and oxygen atoms in total. The summed E-state index contributed by atoms with van der Waals surface area (Å²) in [5, 5.41) is 0. The van der Waals surface area contributed by atoms with Gasteiger partial charge in [0.2, 0.25) is 5.95 Å². The van der Waals surface area contributed by atoms with E-state index in [4.69, 9.17) is 5.73 Å². The molecule has 0 spiro atoms. The van der Waals surface area contributed by atoms with E-state index in [-0.39, 0.29) is 23.3 Å². The number of ether oxygens (including phenoxy) is 1. The predicted molar refractivity (Wildman–Crippen MR) is 95.3 cm³/mol. The van der Waals surface area contributed by atoms with Gasteiger partial charge in [0.05, 0.1) is 6.04 Å². The zero-order valence-electron chi connectivity index (χ0n) is 15.2. The van der Waals surface area contributed by atoms with E-state index < -0.39 is 23.9 Å². The van der Waals surface area contributed by atoms with Crippen molar-refractivity contribution in [1.82, 2.24) is 9.55 Å². The molecule has 1 atom stereocenters. The van der Waals surface area contributed by atoms with Crippen LogP contribution in [0.4, 0.5) is 19.1 Å². The first kappa shape index (κ1) is 19.7. The summed E-state index contributed by atoms with van der Waals surface area (Å²) in [4.78, 5) is 30.0. The van der Waals surface area contributed by atoms with Gasteiger partial charge >= 0.3 is 6.36 Å². The number of carbonyl (C=O) groups excluding carboxylic acids is 1. The highest BCUT2D eigenvalue weighted by Crippen LogP contribution is 2.44. The highest BCUT2D eigenvalue weighted by Gasteiger charge is 2.37. The van der Waals surface area contributed by atoms with Crippen molar-refractivity contribution in [3.8, 4) is 5.75 Å². The molecule has 1 heterocycles. The smallest absolute Gasteiger partial charge is 0.406 e. The first-order valence-electron chi connectivity index (χ1n) is 8.53. The monoisotopic (exact) mass is 396 g/mol. The number of alkyl halides is 3. The summed E-state index contributed by atoms with van der Waals surface area (Å²) in [5.41, 5.74) is 5.30. The van der Waals surface area contributed by atoms with Crippen molar-refractivity contribution in [3.63, 3.8) is 0 Å². The molecule has 10 heteroatoms. The lowest BCUT2D eigenvalue weighted by atomic mass is 10.0. The van der Waals surface area contributed by atoms with Gasteiger partial charge < -0.3 is 15.4 Å². The van der Waals surface area contributed by atoms with Crippen molar-refractivity contribution in [3.05, 3.63) is 51.9 Å². The van der Waals surface area contributed by atoms with Crippen LogP contribution in [0.1, 0.15) is 34.9 Å². The van der Waals surface area contributed by atoms with Gasteiger partial charge in [-0.2, -0.15) is 0 Å². The van der Waals surface area contributed by atoms with Crippen LogP contribution in [0.3, 0.4) is 0 Å². The Morgan fingerprint density at radius 1 is 1.29 bits per heavy atom. The predicted octanol–water partition coefficient (Wildman–Crippen LogP) is 2.31. The lowest BCUT2D eigenvalue weighted by Gasteiger charge is -2.26.